The zero-order chi connectivity index (χ0) is 28.6. The van der Waals surface area contributed by atoms with Crippen LogP contribution in [0.25, 0.3) is 0 Å². The molecule has 0 radical (unpaired) electrons. The number of ketones is 2. The largest absolute Gasteiger partial charge is 0.571 e. The molecule has 0 saturated carbocycles. The molecule has 2 heterocycles. The third kappa shape index (κ3) is 5.39. The van der Waals surface area contributed by atoms with Crippen LogP contribution in [0.2, 0.25) is 0 Å². The maximum atomic E-state index is 13.1. The molecule has 0 bridgehead atoms. The topological polar surface area (TPSA) is 141 Å². The van der Waals surface area contributed by atoms with E-state index in [0.29, 0.717) is 35.7 Å². The maximum absolute atomic E-state index is 13.1. The highest BCUT2D eigenvalue weighted by Crippen LogP contribution is 2.31. The lowest BCUT2D eigenvalue weighted by Gasteiger charge is -2.36. The Hall–Kier alpha value is -4.32. The zero-order valence-electron chi connectivity index (χ0n) is 22.9. The second-order valence-electron chi connectivity index (χ2n) is 11.4. The Kier molecular flexibility index (Phi) is 7.28. The van der Waals surface area contributed by atoms with Gasteiger partial charge in [-0.2, -0.15) is 0 Å². The number of nitro benzene ring substituents is 1. The summed E-state index contributed by atoms with van der Waals surface area (Å²) in [5.41, 5.74) is 2.02. The number of fused-ring (bicyclic) bond motifs is 2. The fourth-order valence-corrected chi connectivity index (χ4v) is 5.16. The monoisotopic (exact) mass is 547 g/mol. The first-order valence-corrected chi connectivity index (χ1v) is 13.4. The number of carbonyl (C=O) groups excluding carboxylic acids is 2. The molecule has 3 aromatic rings. The summed E-state index contributed by atoms with van der Waals surface area (Å²) in [5.74, 6) is -0.770. The molecule has 1 aromatic heterocycles. The van der Waals surface area contributed by atoms with E-state index in [9.17, 15) is 24.9 Å². The number of piperazine rings is 1. The van der Waals surface area contributed by atoms with Crippen LogP contribution >= 0.6 is 0 Å². The molecule has 1 saturated heterocycles. The quantitative estimate of drug-likeness (QED) is 0.153. The molecule has 0 amide bonds. The predicted octanol–water partition coefficient (Wildman–Crippen LogP) is 2.87. The number of nitro groups is 1. The smallest absolute Gasteiger partial charge is 0.292 e. The number of hydrogen-bond acceptors (Lipinski definition) is 9. The Morgan fingerprint density at radius 3 is 2.33 bits per heavy atom. The van der Waals surface area contributed by atoms with Crippen molar-refractivity contribution in [2.75, 3.05) is 49.5 Å². The van der Waals surface area contributed by atoms with Crippen molar-refractivity contribution in [1.82, 2.24) is 14.7 Å². The molecule has 40 heavy (non-hydrogen) atoms. The van der Waals surface area contributed by atoms with Gasteiger partial charge in [0.2, 0.25) is 17.3 Å². The minimum absolute atomic E-state index is 0.0236. The summed E-state index contributed by atoms with van der Waals surface area (Å²) >= 11 is 0. The number of hydrogen-bond donors (Lipinski definition) is 1. The third-order valence-corrected chi connectivity index (χ3v) is 7.29. The molecular formula is C28H33N7O5. The van der Waals surface area contributed by atoms with Crippen molar-refractivity contribution in [2.24, 2.45) is 5.41 Å². The normalized spacial score (nSPS) is 15.6. The molecule has 5 rings (SSSR count). The second-order valence-corrected chi connectivity index (χ2v) is 11.4. The van der Waals surface area contributed by atoms with Gasteiger partial charge in [0.25, 0.3) is 5.69 Å². The van der Waals surface area contributed by atoms with Gasteiger partial charge in [-0.1, -0.05) is 45.0 Å². The van der Waals surface area contributed by atoms with Gasteiger partial charge in [0.1, 0.15) is 5.69 Å². The highest BCUT2D eigenvalue weighted by atomic mass is 16.6. The number of aromatic nitrogens is 3. The first-order chi connectivity index (χ1) is 19.0. The van der Waals surface area contributed by atoms with Gasteiger partial charge >= 0.3 is 0 Å². The number of carbonyl (C=O) groups is 2. The van der Waals surface area contributed by atoms with Gasteiger partial charge in [-0.15, -0.1) is 4.68 Å². The Balaban J connectivity index is 1.19. The standard InChI is InChI=1S/C28H33N7O5/c1-28(2,3)18-29-22-17-19(9-10-23(22)34(38)39)32-15-13-31(14-16-32)11-6-12-33-25-24(30-35(33)40)26(36)20-7-4-5-8-21(20)27(25)37/h4-5,7-10,17,29H,6,11-16,18H2,1-3H3. The van der Waals surface area contributed by atoms with E-state index < -0.39 is 5.78 Å². The van der Waals surface area contributed by atoms with E-state index in [-0.39, 0.29) is 45.3 Å². The predicted molar refractivity (Wildman–Crippen MR) is 149 cm³/mol. The minimum atomic E-state index is -0.410. The van der Waals surface area contributed by atoms with Crippen molar-refractivity contribution in [3.63, 3.8) is 0 Å². The molecule has 1 aliphatic carbocycles. The molecule has 1 fully saturated rings. The fraction of sp³-hybridized carbons (Fsp3) is 0.429. The Labute approximate surface area is 231 Å². The van der Waals surface area contributed by atoms with E-state index in [0.717, 1.165) is 31.9 Å². The molecule has 2 aromatic carbocycles. The average Bonchev–Trinajstić information content (AvgIpc) is 3.26. The van der Waals surface area contributed by atoms with Gasteiger partial charge in [-0.05, 0) is 24.0 Å². The summed E-state index contributed by atoms with van der Waals surface area (Å²) in [6.45, 7) is 10.9. The lowest BCUT2D eigenvalue weighted by molar-refractivity contribution is -0.749. The molecule has 0 spiro atoms. The van der Waals surface area contributed by atoms with Crippen molar-refractivity contribution >= 4 is 28.6 Å². The number of nitrogens with one attached hydrogen (secondary N) is 1. The molecule has 12 nitrogen and oxygen atoms in total. The fourth-order valence-electron chi connectivity index (χ4n) is 5.16. The summed E-state index contributed by atoms with van der Waals surface area (Å²) in [6, 6.07) is 11.8. The van der Waals surface area contributed by atoms with Gasteiger partial charge in [-0.3, -0.25) is 24.6 Å². The molecule has 1 N–H and O–H groups in total. The molecular weight excluding hydrogens is 514 g/mol. The average molecular weight is 548 g/mol. The summed E-state index contributed by atoms with van der Waals surface area (Å²) in [7, 11) is 0. The number of anilines is 2. The Bertz CT molecular complexity index is 1470. The van der Waals surface area contributed by atoms with Crippen LogP contribution in [-0.4, -0.2) is 70.4 Å². The highest BCUT2D eigenvalue weighted by Gasteiger charge is 2.39. The summed E-state index contributed by atoms with van der Waals surface area (Å²) < 4.78 is 1.25. The van der Waals surface area contributed by atoms with Crippen LogP contribution < -0.4 is 15.2 Å². The van der Waals surface area contributed by atoms with Crippen LogP contribution in [0.4, 0.5) is 17.1 Å². The van der Waals surface area contributed by atoms with Crippen molar-refractivity contribution < 1.29 is 19.5 Å². The SMILES string of the molecule is CC(C)(C)CNc1cc(N2CCN(CCCn3c4c(n[n+]3[O-])C(=O)c3ccccc3C4=O)CC2)ccc1[N+](=O)[O-]. The lowest BCUT2D eigenvalue weighted by Crippen LogP contribution is -2.47. The van der Waals surface area contributed by atoms with Gasteiger partial charge in [0.05, 0.1) is 11.5 Å². The van der Waals surface area contributed by atoms with E-state index in [1.54, 1.807) is 36.4 Å². The van der Waals surface area contributed by atoms with Crippen LogP contribution in [0.5, 0.6) is 0 Å². The second kappa shape index (κ2) is 10.7. The first kappa shape index (κ1) is 27.3. The zero-order valence-corrected chi connectivity index (χ0v) is 22.9. The molecule has 12 heteroatoms. The van der Waals surface area contributed by atoms with Crippen LogP contribution in [0.1, 0.15) is 59.3 Å². The van der Waals surface area contributed by atoms with Crippen molar-refractivity contribution in [1.29, 1.82) is 0 Å². The van der Waals surface area contributed by atoms with Crippen LogP contribution in [0.15, 0.2) is 42.5 Å². The number of rotatable bonds is 8. The maximum Gasteiger partial charge on any atom is 0.292 e. The van der Waals surface area contributed by atoms with Crippen LogP contribution in [-0.2, 0) is 6.54 Å². The van der Waals surface area contributed by atoms with Crippen LogP contribution in [0, 0.1) is 20.7 Å². The van der Waals surface area contributed by atoms with Crippen molar-refractivity contribution in [3.05, 3.63) is 80.3 Å². The van der Waals surface area contributed by atoms with Gasteiger partial charge < -0.3 is 15.4 Å². The van der Waals surface area contributed by atoms with Crippen molar-refractivity contribution in [3.8, 4) is 0 Å². The molecule has 0 unspecified atom stereocenters. The molecule has 0 atom stereocenters. The van der Waals surface area contributed by atoms with E-state index >= 15 is 0 Å². The third-order valence-electron chi connectivity index (χ3n) is 7.29. The van der Waals surface area contributed by atoms with Gasteiger partial charge in [0.15, 0.2) is 5.69 Å². The summed E-state index contributed by atoms with van der Waals surface area (Å²) in [6.07, 6.45) is 0.604. The van der Waals surface area contributed by atoms with E-state index in [4.69, 9.17) is 0 Å². The summed E-state index contributed by atoms with van der Waals surface area (Å²) in [5, 5.41) is 31.1. The summed E-state index contributed by atoms with van der Waals surface area (Å²) in [4.78, 5) is 41.9. The first-order valence-electron chi connectivity index (χ1n) is 13.4. The minimum Gasteiger partial charge on any atom is -0.571 e. The van der Waals surface area contributed by atoms with Crippen LogP contribution in [0.3, 0.4) is 0 Å². The number of nitrogens with zero attached hydrogens (tertiary/aromatic N) is 6. The Morgan fingerprint density at radius 2 is 1.68 bits per heavy atom. The van der Waals surface area contributed by atoms with E-state index in [2.05, 4.69) is 41.0 Å². The molecule has 210 valence electrons. The molecule has 1 aliphatic heterocycles. The lowest BCUT2D eigenvalue weighted by atomic mass is 9.90. The van der Waals surface area contributed by atoms with Gasteiger partial charge in [-0.25, -0.2) is 0 Å². The van der Waals surface area contributed by atoms with Crippen molar-refractivity contribution in [2.45, 2.75) is 33.7 Å². The number of benzene rings is 2. The van der Waals surface area contributed by atoms with E-state index in [1.165, 1.54) is 4.68 Å². The van der Waals surface area contributed by atoms with E-state index in [1.807, 2.05) is 6.07 Å². The Morgan fingerprint density at radius 1 is 1.00 bits per heavy atom. The highest BCUT2D eigenvalue weighted by molar-refractivity contribution is 6.26. The van der Waals surface area contributed by atoms with Gasteiger partial charge in [0, 0.05) is 72.2 Å². The molecule has 2 aliphatic rings.